The average Bonchev–Trinajstić information content (AvgIpc) is 2.91. The van der Waals surface area contributed by atoms with Gasteiger partial charge in [0.1, 0.15) is 12.4 Å². The zero-order chi connectivity index (χ0) is 16.2. The molecule has 0 saturated heterocycles. The van der Waals surface area contributed by atoms with Gasteiger partial charge in [-0.15, -0.1) is 0 Å². The minimum Gasteiger partial charge on any atom is -0.492 e. The molecular formula is C19H29NO2. The molecule has 0 radical (unpaired) electrons. The minimum absolute atomic E-state index is 0.156. The van der Waals surface area contributed by atoms with Crippen LogP contribution >= 0.6 is 0 Å². The number of carbonyl (C=O) groups is 1. The van der Waals surface area contributed by atoms with Gasteiger partial charge < -0.3 is 10.1 Å². The molecule has 1 aliphatic carbocycles. The van der Waals surface area contributed by atoms with Crippen molar-refractivity contribution >= 4 is 5.91 Å². The molecule has 1 N–H and O–H groups in total. The number of benzene rings is 1. The SMILES string of the molecule is CC1(C(=O)NCCOc2ccc(C(C)(C)C)cc2)CCCC1. The highest BCUT2D eigenvalue weighted by Gasteiger charge is 2.35. The van der Waals surface area contributed by atoms with E-state index >= 15 is 0 Å². The highest BCUT2D eigenvalue weighted by Crippen LogP contribution is 2.37. The van der Waals surface area contributed by atoms with Crippen molar-refractivity contribution in [1.82, 2.24) is 5.32 Å². The van der Waals surface area contributed by atoms with Gasteiger partial charge in [0, 0.05) is 5.41 Å². The van der Waals surface area contributed by atoms with Gasteiger partial charge in [0.05, 0.1) is 6.54 Å². The Kier molecular flexibility index (Phi) is 5.15. The number of rotatable bonds is 5. The monoisotopic (exact) mass is 303 g/mol. The van der Waals surface area contributed by atoms with Crippen LogP contribution in [0.2, 0.25) is 0 Å². The maximum atomic E-state index is 12.2. The lowest BCUT2D eigenvalue weighted by molar-refractivity contribution is -0.130. The predicted octanol–water partition coefficient (Wildman–Crippen LogP) is 4.06. The molecule has 122 valence electrons. The van der Waals surface area contributed by atoms with Gasteiger partial charge in [-0.3, -0.25) is 4.79 Å². The Bertz CT molecular complexity index is 493. The van der Waals surface area contributed by atoms with Gasteiger partial charge in [-0.25, -0.2) is 0 Å². The first-order chi connectivity index (χ1) is 10.3. The molecule has 22 heavy (non-hydrogen) atoms. The second kappa shape index (κ2) is 6.72. The van der Waals surface area contributed by atoms with Gasteiger partial charge >= 0.3 is 0 Å². The van der Waals surface area contributed by atoms with Crippen LogP contribution in [0.15, 0.2) is 24.3 Å². The molecule has 1 aromatic carbocycles. The van der Waals surface area contributed by atoms with Crippen LogP contribution in [-0.2, 0) is 10.2 Å². The van der Waals surface area contributed by atoms with E-state index < -0.39 is 0 Å². The number of amides is 1. The number of ether oxygens (including phenoxy) is 1. The van der Waals surface area contributed by atoms with E-state index in [0.717, 1.165) is 18.6 Å². The van der Waals surface area contributed by atoms with Crippen molar-refractivity contribution in [3.63, 3.8) is 0 Å². The van der Waals surface area contributed by atoms with Crippen LogP contribution in [0, 0.1) is 5.41 Å². The standard InChI is InChI=1S/C19H29NO2/c1-18(2,3)15-7-9-16(10-8-15)22-14-13-20-17(21)19(4)11-5-6-12-19/h7-10H,5-6,11-14H2,1-4H3,(H,20,21). The third kappa shape index (κ3) is 4.25. The summed E-state index contributed by atoms with van der Waals surface area (Å²) in [6, 6.07) is 8.21. The van der Waals surface area contributed by atoms with Crippen molar-refractivity contribution < 1.29 is 9.53 Å². The summed E-state index contributed by atoms with van der Waals surface area (Å²) >= 11 is 0. The number of hydrogen-bond donors (Lipinski definition) is 1. The molecular weight excluding hydrogens is 274 g/mol. The van der Waals surface area contributed by atoms with Gasteiger partial charge in [0.25, 0.3) is 0 Å². The minimum atomic E-state index is -0.158. The molecule has 0 aromatic heterocycles. The molecule has 0 aliphatic heterocycles. The van der Waals surface area contributed by atoms with Crippen molar-refractivity contribution in [1.29, 1.82) is 0 Å². The predicted molar refractivity (Wildman–Crippen MR) is 90.2 cm³/mol. The molecule has 0 atom stereocenters. The Morgan fingerprint density at radius 3 is 2.32 bits per heavy atom. The van der Waals surface area contributed by atoms with Crippen LogP contribution in [0.4, 0.5) is 0 Å². The molecule has 1 saturated carbocycles. The van der Waals surface area contributed by atoms with Crippen LogP contribution in [0.25, 0.3) is 0 Å². The fraction of sp³-hybridized carbons (Fsp3) is 0.632. The first kappa shape index (κ1) is 16.9. The fourth-order valence-electron chi connectivity index (χ4n) is 2.98. The summed E-state index contributed by atoms with van der Waals surface area (Å²) in [4.78, 5) is 12.2. The van der Waals surface area contributed by atoms with Crippen LogP contribution in [0.3, 0.4) is 0 Å². The van der Waals surface area contributed by atoms with Crippen molar-refractivity contribution in [2.24, 2.45) is 5.41 Å². The second-order valence-electron chi connectivity index (χ2n) is 7.65. The summed E-state index contributed by atoms with van der Waals surface area (Å²) < 4.78 is 5.70. The summed E-state index contributed by atoms with van der Waals surface area (Å²) in [7, 11) is 0. The molecule has 0 bridgehead atoms. The Hall–Kier alpha value is -1.51. The van der Waals surface area contributed by atoms with E-state index in [-0.39, 0.29) is 16.7 Å². The summed E-state index contributed by atoms with van der Waals surface area (Å²) in [6.07, 6.45) is 4.35. The Labute approximate surface area is 134 Å². The first-order valence-electron chi connectivity index (χ1n) is 8.33. The van der Waals surface area contributed by atoms with Crippen molar-refractivity contribution in [2.75, 3.05) is 13.2 Å². The first-order valence-corrected chi connectivity index (χ1v) is 8.33. The Morgan fingerprint density at radius 1 is 1.18 bits per heavy atom. The molecule has 1 aromatic rings. The average molecular weight is 303 g/mol. The zero-order valence-electron chi connectivity index (χ0n) is 14.4. The second-order valence-corrected chi connectivity index (χ2v) is 7.65. The zero-order valence-corrected chi connectivity index (χ0v) is 14.4. The van der Waals surface area contributed by atoms with Gasteiger partial charge in [0.15, 0.2) is 0 Å². The molecule has 2 rings (SSSR count). The largest absolute Gasteiger partial charge is 0.492 e. The fourth-order valence-corrected chi connectivity index (χ4v) is 2.98. The van der Waals surface area contributed by atoms with Crippen LogP contribution < -0.4 is 10.1 Å². The van der Waals surface area contributed by atoms with Crippen LogP contribution in [0.5, 0.6) is 5.75 Å². The molecule has 1 amide bonds. The van der Waals surface area contributed by atoms with Crippen LogP contribution in [0.1, 0.15) is 58.9 Å². The number of nitrogens with one attached hydrogen (secondary N) is 1. The van der Waals surface area contributed by atoms with E-state index in [1.807, 2.05) is 12.1 Å². The molecule has 3 heteroatoms. The molecule has 1 aliphatic rings. The van der Waals surface area contributed by atoms with Crippen molar-refractivity contribution in [3.05, 3.63) is 29.8 Å². The summed E-state index contributed by atoms with van der Waals surface area (Å²) in [5, 5.41) is 3.01. The van der Waals surface area contributed by atoms with Gasteiger partial charge in [0.2, 0.25) is 5.91 Å². The Morgan fingerprint density at radius 2 is 1.77 bits per heavy atom. The highest BCUT2D eigenvalue weighted by molar-refractivity contribution is 5.82. The quantitative estimate of drug-likeness (QED) is 0.833. The number of hydrogen-bond acceptors (Lipinski definition) is 2. The summed E-state index contributed by atoms with van der Waals surface area (Å²) in [5.41, 5.74) is 1.29. The Balaban J connectivity index is 1.74. The molecule has 3 nitrogen and oxygen atoms in total. The lowest BCUT2D eigenvalue weighted by Gasteiger charge is -2.22. The van der Waals surface area contributed by atoms with E-state index in [9.17, 15) is 4.79 Å². The third-order valence-electron chi connectivity index (χ3n) is 4.63. The molecule has 0 heterocycles. The maximum Gasteiger partial charge on any atom is 0.226 e. The third-order valence-corrected chi connectivity index (χ3v) is 4.63. The van der Waals surface area contributed by atoms with Gasteiger partial charge in [-0.1, -0.05) is 52.7 Å². The lowest BCUT2D eigenvalue weighted by atomic mass is 9.87. The summed E-state index contributed by atoms with van der Waals surface area (Å²) in [5.74, 6) is 1.03. The molecule has 0 unspecified atom stereocenters. The highest BCUT2D eigenvalue weighted by atomic mass is 16.5. The van der Waals surface area contributed by atoms with Crippen LogP contribution in [-0.4, -0.2) is 19.1 Å². The van der Waals surface area contributed by atoms with E-state index in [1.165, 1.54) is 18.4 Å². The van der Waals surface area contributed by atoms with Gasteiger partial charge in [-0.2, -0.15) is 0 Å². The normalized spacial score (nSPS) is 17.3. The van der Waals surface area contributed by atoms with E-state index in [1.54, 1.807) is 0 Å². The lowest BCUT2D eigenvalue weighted by Crippen LogP contribution is -2.39. The van der Waals surface area contributed by atoms with Crippen molar-refractivity contribution in [2.45, 2.75) is 58.8 Å². The van der Waals surface area contributed by atoms with E-state index in [4.69, 9.17) is 4.74 Å². The topological polar surface area (TPSA) is 38.3 Å². The molecule has 0 spiro atoms. The molecule has 1 fully saturated rings. The van der Waals surface area contributed by atoms with E-state index in [2.05, 4.69) is 45.1 Å². The smallest absolute Gasteiger partial charge is 0.226 e. The van der Waals surface area contributed by atoms with E-state index in [0.29, 0.717) is 13.2 Å². The van der Waals surface area contributed by atoms with Crippen molar-refractivity contribution in [3.8, 4) is 5.75 Å². The summed E-state index contributed by atoms with van der Waals surface area (Å²) in [6.45, 7) is 9.74. The maximum absolute atomic E-state index is 12.2. The van der Waals surface area contributed by atoms with Gasteiger partial charge in [-0.05, 0) is 36.0 Å². The number of carbonyl (C=O) groups excluding carboxylic acids is 1.